The van der Waals surface area contributed by atoms with Crippen LogP contribution in [0.15, 0.2) is 36.5 Å². The normalized spacial score (nSPS) is 16.0. The number of rotatable bonds is 12. The quantitative estimate of drug-likeness (QED) is 0.249. The molecule has 1 fully saturated rings. The third-order valence-electron chi connectivity index (χ3n) is 8.00. The van der Waals surface area contributed by atoms with E-state index < -0.39 is 35.0 Å². The molecule has 3 aromatic rings. The van der Waals surface area contributed by atoms with Crippen molar-refractivity contribution in [1.82, 2.24) is 9.88 Å². The van der Waals surface area contributed by atoms with Crippen LogP contribution >= 0.6 is 0 Å². The molecule has 1 saturated heterocycles. The molecule has 1 atom stereocenters. The summed E-state index contributed by atoms with van der Waals surface area (Å²) >= 11 is 0. The molecule has 0 bridgehead atoms. The van der Waals surface area contributed by atoms with Crippen LogP contribution in [0.1, 0.15) is 43.8 Å². The zero-order valence-electron chi connectivity index (χ0n) is 23.5. The molecule has 0 aliphatic carbocycles. The van der Waals surface area contributed by atoms with Gasteiger partial charge >= 0.3 is 5.97 Å². The number of hydrogen-bond donors (Lipinski definition) is 2. The number of benzene rings is 2. The zero-order chi connectivity index (χ0) is 29.7. The molecule has 2 heterocycles. The molecular weight excluding hydrogens is 540 g/mol. The molecule has 1 aliphatic heterocycles. The number of carboxylic acid groups (broad SMARTS) is 1. The molecule has 0 unspecified atom stereocenters. The van der Waals surface area contributed by atoms with Crippen molar-refractivity contribution < 1.29 is 32.2 Å². The number of nitrogens with zero attached hydrogens (tertiary/aromatic N) is 3. The molecule has 222 valence electrons. The van der Waals surface area contributed by atoms with E-state index in [1.807, 2.05) is 19.0 Å². The van der Waals surface area contributed by atoms with Crippen molar-refractivity contribution in [2.75, 3.05) is 57.6 Å². The maximum atomic E-state index is 16.1. The standard InChI is InChI=1S/C30H36F4N4O3/c1-37(2)26-18-36-25-5-4-20(41-3)16-21(25)28(26)22(32)6-7-30(17-27(39)40)8-11-38(12-9-30)13-10-35-29-23(33)14-19(31)15-24(29)34/h4-5,14-16,18,22,35H,6-13,17H2,1-3H3,(H,39,40)/t22-/m1/s1. The number of hydrogen-bond acceptors (Lipinski definition) is 6. The summed E-state index contributed by atoms with van der Waals surface area (Å²) in [7, 11) is 5.21. The number of anilines is 2. The molecular formula is C30H36F4N4O3. The molecule has 0 saturated carbocycles. The summed E-state index contributed by atoms with van der Waals surface area (Å²) in [6.07, 6.45) is 1.88. The van der Waals surface area contributed by atoms with Crippen LogP contribution in [0.2, 0.25) is 0 Å². The van der Waals surface area contributed by atoms with Crippen LogP contribution in [-0.4, -0.2) is 68.3 Å². The van der Waals surface area contributed by atoms with Crippen molar-refractivity contribution in [2.24, 2.45) is 5.41 Å². The minimum atomic E-state index is -1.35. The van der Waals surface area contributed by atoms with Crippen LogP contribution in [0, 0.1) is 22.9 Å². The molecule has 0 spiro atoms. The summed E-state index contributed by atoms with van der Waals surface area (Å²) in [6.45, 7) is 1.82. The van der Waals surface area contributed by atoms with Gasteiger partial charge < -0.3 is 25.0 Å². The topological polar surface area (TPSA) is 77.9 Å². The zero-order valence-corrected chi connectivity index (χ0v) is 23.5. The van der Waals surface area contributed by atoms with E-state index in [9.17, 15) is 23.1 Å². The first kappa shape index (κ1) is 30.4. The number of piperidine rings is 1. The van der Waals surface area contributed by atoms with Crippen LogP contribution in [0.4, 0.5) is 28.9 Å². The number of pyridine rings is 1. The van der Waals surface area contributed by atoms with Crippen molar-refractivity contribution in [1.29, 1.82) is 0 Å². The molecule has 7 nitrogen and oxygen atoms in total. The SMILES string of the molecule is COc1ccc2ncc(N(C)C)c([C@H](F)CCC3(CC(=O)O)CCN(CCNc4c(F)cc(F)cc4F)CC3)c2c1. The van der Waals surface area contributed by atoms with Crippen LogP contribution in [0.3, 0.4) is 0 Å². The molecule has 0 radical (unpaired) electrons. The van der Waals surface area contributed by atoms with Gasteiger partial charge in [-0.1, -0.05) is 0 Å². The highest BCUT2D eigenvalue weighted by atomic mass is 19.1. The summed E-state index contributed by atoms with van der Waals surface area (Å²) in [5.74, 6) is -3.31. The van der Waals surface area contributed by atoms with Gasteiger partial charge in [0.1, 0.15) is 23.4 Å². The lowest BCUT2D eigenvalue weighted by Crippen LogP contribution is -2.43. The van der Waals surface area contributed by atoms with Gasteiger partial charge in [0.25, 0.3) is 0 Å². The maximum absolute atomic E-state index is 16.1. The molecule has 1 aromatic heterocycles. The molecule has 11 heteroatoms. The number of ether oxygens (including phenoxy) is 1. The van der Waals surface area contributed by atoms with E-state index in [0.717, 1.165) is 0 Å². The predicted octanol–water partition coefficient (Wildman–Crippen LogP) is 6.19. The van der Waals surface area contributed by atoms with Gasteiger partial charge in [0.05, 0.1) is 30.9 Å². The number of nitrogens with one attached hydrogen (secondary N) is 1. The van der Waals surface area contributed by atoms with E-state index in [4.69, 9.17) is 4.74 Å². The number of aliphatic carboxylic acids is 1. The fraction of sp³-hybridized carbons (Fsp3) is 0.467. The summed E-state index contributed by atoms with van der Waals surface area (Å²) in [5, 5.41) is 13.0. The summed E-state index contributed by atoms with van der Waals surface area (Å²) in [4.78, 5) is 20.2. The van der Waals surface area contributed by atoms with Gasteiger partial charge in [-0.25, -0.2) is 17.6 Å². The highest BCUT2D eigenvalue weighted by Crippen LogP contribution is 2.44. The average Bonchev–Trinajstić information content (AvgIpc) is 2.92. The monoisotopic (exact) mass is 576 g/mol. The Morgan fingerprint density at radius 1 is 1.17 bits per heavy atom. The second kappa shape index (κ2) is 12.9. The van der Waals surface area contributed by atoms with Crippen LogP contribution < -0.4 is 15.0 Å². The number of likely N-dealkylation sites (tertiary alicyclic amines) is 1. The number of carboxylic acids is 1. The lowest BCUT2D eigenvalue weighted by molar-refractivity contribution is -0.141. The first-order valence-electron chi connectivity index (χ1n) is 13.6. The van der Waals surface area contributed by atoms with E-state index >= 15 is 4.39 Å². The third-order valence-corrected chi connectivity index (χ3v) is 8.00. The number of carbonyl (C=O) groups is 1. The van der Waals surface area contributed by atoms with Crippen molar-refractivity contribution in [2.45, 2.75) is 38.3 Å². The summed E-state index contributed by atoms with van der Waals surface area (Å²) < 4.78 is 62.5. The Balaban J connectivity index is 1.43. The minimum absolute atomic E-state index is 0.0662. The van der Waals surface area contributed by atoms with Gasteiger partial charge in [-0.15, -0.1) is 0 Å². The Morgan fingerprint density at radius 3 is 2.46 bits per heavy atom. The average molecular weight is 577 g/mol. The predicted molar refractivity (Wildman–Crippen MR) is 151 cm³/mol. The molecule has 2 N–H and O–H groups in total. The molecule has 4 rings (SSSR count). The van der Waals surface area contributed by atoms with Gasteiger partial charge in [-0.05, 0) is 62.4 Å². The smallest absolute Gasteiger partial charge is 0.303 e. The van der Waals surface area contributed by atoms with Crippen molar-refractivity contribution >= 4 is 28.2 Å². The Hall–Kier alpha value is -3.60. The Labute approximate surface area is 237 Å². The van der Waals surface area contributed by atoms with Gasteiger partial charge in [0.2, 0.25) is 0 Å². The lowest BCUT2D eigenvalue weighted by Gasteiger charge is -2.41. The van der Waals surface area contributed by atoms with Crippen molar-refractivity contribution in [3.63, 3.8) is 0 Å². The molecule has 0 amide bonds. The summed E-state index contributed by atoms with van der Waals surface area (Å²) in [5.41, 5.74) is 0.858. The Bertz CT molecular complexity index is 1360. The first-order valence-corrected chi connectivity index (χ1v) is 13.6. The number of aromatic nitrogens is 1. The van der Waals surface area contributed by atoms with Gasteiger partial charge in [-0.2, -0.15) is 0 Å². The Kier molecular flexibility index (Phi) is 9.57. The number of methoxy groups -OCH3 is 1. The van der Waals surface area contributed by atoms with Crippen LogP contribution in [0.25, 0.3) is 10.9 Å². The largest absolute Gasteiger partial charge is 0.497 e. The van der Waals surface area contributed by atoms with Crippen LogP contribution in [-0.2, 0) is 4.79 Å². The molecule has 41 heavy (non-hydrogen) atoms. The van der Waals surface area contributed by atoms with E-state index in [2.05, 4.69) is 15.2 Å². The van der Waals surface area contributed by atoms with Crippen molar-refractivity contribution in [3.05, 3.63) is 59.5 Å². The number of alkyl halides is 1. The van der Waals surface area contributed by atoms with Gasteiger partial charge in [0, 0.05) is 50.3 Å². The maximum Gasteiger partial charge on any atom is 0.303 e. The van der Waals surface area contributed by atoms with Gasteiger partial charge in [0.15, 0.2) is 11.6 Å². The molecule has 1 aliphatic rings. The number of halogens is 4. The second-order valence-corrected chi connectivity index (χ2v) is 10.9. The number of fused-ring (bicyclic) bond motifs is 1. The first-order chi connectivity index (χ1) is 19.5. The fourth-order valence-corrected chi connectivity index (χ4v) is 5.71. The highest BCUT2D eigenvalue weighted by molar-refractivity contribution is 5.88. The fourth-order valence-electron chi connectivity index (χ4n) is 5.71. The lowest BCUT2D eigenvalue weighted by atomic mass is 9.71. The summed E-state index contributed by atoms with van der Waals surface area (Å²) in [6, 6.07) is 6.59. The third kappa shape index (κ3) is 7.19. The van der Waals surface area contributed by atoms with Crippen LogP contribution in [0.5, 0.6) is 5.75 Å². The molecule has 2 aromatic carbocycles. The van der Waals surface area contributed by atoms with E-state index in [1.165, 1.54) is 0 Å². The van der Waals surface area contributed by atoms with E-state index in [0.29, 0.717) is 78.9 Å². The second-order valence-electron chi connectivity index (χ2n) is 10.9. The van der Waals surface area contributed by atoms with Crippen molar-refractivity contribution in [3.8, 4) is 5.75 Å². The highest BCUT2D eigenvalue weighted by Gasteiger charge is 2.37. The minimum Gasteiger partial charge on any atom is -0.497 e. The van der Waals surface area contributed by atoms with E-state index in [-0.39, 0.29) is 25.1 Å². The van der Waals surface area contributed by atoms with E-state index in [1.54, 1.807) is 31.5 Å². The van der Waals surface area contributed by atoms with Gasteiger partial charge in [-0.3, -0.25) is 9.78 Å². The Morgan fingerprint density at radius 2 is 1.85 bits per heavy atom.